The highest BCUT2D eigenvalue weighted by molar-refractivity contribution is 5.86. The summed E-state index contributed by atoms with van der Waals surface area (Å²) in [4.78, 5) is 10.9. The Morgan fingerprint density at radius 2 is 2.21 bits per heavy atom. The Hall–Kier alpha value is -1.61. The molecule has 3 heteroatoms. The van der Waals surface area contributed by atoms with Crippen LogP contribution >= 0.6 is 0 Å². The second kappa shape index (κ2) is 5.19. The zero-order valence-corrected chi connectivity index (χ0v) is 7.86. The van der Waals surface area contributed by atoms with Crippen molar-refractivity contribution in [1.29, 1.82) is 0 Å². The van der Waals surface area contributed by atoms with Crippen LogP contribution in [-0.2, 0) is 17.9 Å². The first-order valence-electron chi connectivity index (χ1n) is 4.35. The van der Waals surface area contributed by atoms with E-state index in [1.807, 2.05) is 24.3 Å². The van der Waals surface area contributed by atoms with Crippen molar-refractivity contribution in [2.75, 3.05) is 0 Å². The smallest absolute Gasteiger partial charge is 0.243 e. The molecule has 1 aromatic carbocycles. The van der Waals surface area contributed by atoms with Gasteiger partial charge in [-0.3, -0.25) is 4.79 Å². The van der Waals surface area contributed by atoms with Crippen LogP contribution in [-0.4, -0.2) is 11.0 Å². The second-order valence-corrected chi connectivity index (χ2v) is 2.90. The molecular weight excluding hydrogens is 178 g/mol. The summed E-state index contributed by atoms with van der Waals surface area (Å²) < 4.78 is 0. The van der Waals surface area contributed by atoms with Gasteiger partial charge in [-0.2, -0.15) is 0 Å². The zero-order valence-electron chi connectivity index (χ0n) is 7.86. The van der Waals surface area contributed by atoms with Crippen LogP contribution in [0.5, 0.6) is 0 Å². The van der Waals surface area contributed by atoms with E-state index in [2.05, 4.69) is 11.9 Å². The van der Waals surface area contributed by atoms with Gasteiger partial charge in [-0.15, -0.1) is 0 Å². The standard InChI is InChI=1S/C11H13NO2/c1-2-11(14)12-7-9-4-3-5-10(6-9)8-13/h2-6,13H,1,7-8H2,(H,12,14). The third-order valence-corrected chi connectivity index (χ3v) is 1.83. The third kappa shape index (κ3) is 3.03. The van der Waals surface area contributed by atoms with Gasteiger partial charge in [-0.05, 0) is 17.2 Å². The summed E-state index contributed by atoms with van der Waals surface area (Å²) in [6.07, 6.45) is 1.23. The van der Waals surface area contributed by atoms with Crippen LogP contribution in [0.4, 0.5) is 0 Å². The van der Waals surface area contributed by atoms with E-state index >= 15 is 0 Å². The van der Waals surface area contributed by atoms with Gasteiger partial charge in [0.1, 0.15) is 0 Å². The largest absolute Gasteiger partial charge is 0.392 e. The SMILES string of the molecule is C=CC(=O)NCc1cccc(CO)c1. The van der Waals surface area contributed by atoms with Crippen molar-refractivity contribution in [2.45, 2.75) is 13.2 Å². The minimum absolute atomic E-state index is 0.0171. The molecule has 0 radical (unpaired) electrons. The van der Waals surface area contributed by atoms with Crippen molar-refractivity contribution in [3.63, 3.8) is 0 Å². The molecule has 0 unspecified atom stereocenters. The van der Waals surface area contributed by atoms with E-state index < -0.39 is 0 Å². The molecule has 0 bridgehead atoms. The monoisotopic (exact) mass is 191 g/mol. The number of rotatable bonds is 4. The molecule has 1 amide bonds. The summed E-state index contributed by atoms with van der Waals surface area (Å²) in [5.74, 6) is -0.195. The van der Waals surface area contributed by atoms with Crippen LogP contribution in [0, 0.1) is 0 Å². The van der Waals surface area contributed by atoms with E-state index in [1.165, 1.54) is 6.08 Å². The van der Waals surface area contributed by atoms with Gasteiger partial charge in [-0.1, -0.05) is 30.8 Å². The normalized spacial score (nSPS) is 9.50. The molecule has 0 saturated heterocycles. The number of carbonyl (C=O) groups excluding carboxylic acids is 1. The predicted octanol–water partition coefficient (Wildman–Crippen LogP) is 0.981. The highest BCUT2D eigenvalue weighted by atomic mass is 16.3. The van der Waals surface area contributed by atoms with Crippen molar-refractivity contribution < 1.29 is 9.90 Å². The summed E-state index contributed by atoms with van der Waals surface area (Å²) in [5, 5.41) is 11.5. The fourth-order valence-electron chi connectivity index (χ4n) is 1.10. The summed E-state index contributed by atoms with van der Waals surface area (Å²) in [7, 11) is 0. The molecule has 1 rings (SSSR count). The van der Waals surface area contributed by atoms with Crippen LogP contribution in [0.25, 0.3) is 0 Å². The van der Waals surface area contributed by atoms with Crippen LogP contribution in [0.2, 0.25) is 0 Å². The number of aliphatic hydroxyl groups is 1. The Balaban J connectivity index is 2.58. The lowest BCUT2D eigenvalue weighted by molar-refractivity contribution is -0.116. The molecule has 2 N–H and O–H groups in total. The van der Waals surface area contributed by atoms with E-state index in [4.69, 9.17) is 5.11 Å². The molecule has 0 spiro atoms. The lowest BCUT2D eigenvalue weighted by Gasteiger charge is -2.03. The Morgan fingerprint density at radius 1 is 1.50 bits per heavy atom. The first-order chi connectivity index (χ1) is 6.76. The van der Waals surface area contributed by atoms with Crippen molar-refractivity contribution in [1.82, 2.24) is 5.32 Å². The minimum Gasteiger partial charge on any atom is -0.392 e. The molecule has 1 aromatic rings. The number of hydrogen-bond acceptors (Lipinski definition) is 2. The van der Waals surface area contributed by atoms with Gasteiger partial charge >= 0.3 is 0 Å². The van der Waals surface area contributed by atoms with Crippen molar-refractivity contribution in [3.8, 4) is 0 Å². The highest BCUT2D eigenvalue weighted by Gasteiger charge is 1.96. The first kappa shape index (κ1) is 10.5. The van der Waals surface area contributed by atoms with Crippen LogP contribution < -0.4 is 5.32 Å². The van der Waals surface area contributed by atoms with Gasteiger partial charge in [0.15, 0.2) is 0 Å². The van der Waals surface area contributed by atoms with Gasteiger partial charge in [0, 0.05) is 6.54 Å². The van der Waals surface area contributed by atoms with E-state index in [0.717, 1.165) is 11.1 Å². The maximum Gasteiger partial charge on any atom is 0.243 e. The minimum atomic E-state index is -0.195. The van der Waals surface area contributed by atoms with Gasteiger partial charge in [0.25, 0.3) is 0 Å². The second-order valence-electron chi connectivity index (χ2n) is 2.90. The molecule has 0 aromatic heterocycles. The molecule has 0 aliphatic rings. The van der Waals surface area contributed by atoms with E-state index in [0.29, 0.717) is 6.54 Å². The Bertz CT molecular complexity index is 334. The lowest BCUT2D eigenvalue weighted by atomic mass is 10.1. The highest BCUT2D eigenvalue weighted by Crippen LogP contribution is 2.04. The third-order valence-electron chi connectivity index (χ3n) is 1.83. The molecule has 3 nitrogen and oxygen atoms in total. The maximum absolute atomic E-state index is 10.9. The Morgan fingerprint density at radius 3 is 2.86 bits per heavy atom. The van der Waals surface area contributed by atoms with Crippen molar-refractivity contribution >= 4 is 5.91 Å². The molecule has 0 atom stereocenters. The van der Waals surface area contributed by atoms with Gasteiger partial charge in [-0.25, -0.2) is 0 Å². The zero-order chi connectivity index (χ0) is 10.4. The first-order valence-corrected chi connectivity index (χ1v) is 4.35. The van der Waals surface area contributed by atoms with Crippen LogP contribution in [0.1, 0.15) is 11.1 Å². The number of hydrogen-bond donors (Lipinski definition) is 2. The molecule has 14 heavy (non-hydrogen) atoms. The van der Waals surface area contributed by atoms with E-state index in [9.17, 15) is 4.79 Å². The molecule has 0 aliphatic carbocycles. The number of amides is 1. The number of nitrogens with one attached hydrogen (secondary N) is 1. The van der Waals surface area contributed by atoms with Gasteiger partial charge in [0.05, 0.1) is 6.61 Å². The maximum atomic E-state index is 10.9. The summed E-state index contributed by atoms with van der Waals surface area (Å²) in [5.41, 5.74) is 1.81. The fraction of sp³-hybridized carbons (Fsp3) is 0.182. The topological polar surface area (TPSA) is 49.3 Å². The van der Waals surface area contributed by atoms with Gasteiger partial charge < -0.3 is 10.4 Å². The van der Waals surface area contributed by atoms with E-state index in [-0.39, 0.29) is 12.5 Å². The lowest BCUT2D eigenvalue weighted by Crippen LogP contribution is -2.19. The molecule has 0 fully saturated rings. The molecule has 0 heterocycles. The number of benzene rings is 1. The average molecular weight is 191 g/mol. The molecular formula is C11H13NO2. The molecule has 0 aliphatic heterocycles. The summed E-state index contributed by atoms with van der Waals surface area (Å²) in [6, 6.07) is 7.42. The Labute approximate surface area is 83.1 Å². The van der Waals surface area contributed by atoms with Crippen molar-refractivity contribution in [2.24, 2.45) is 0 Å². The quantitative estimate of drug-likeness (QED) is 0.697. The summed E-state index contributed by atoms with van der Waals surface area (Å²) >= 11 is 0. The number of aliphatic hydroxyl groups excluding tert-OH is 1. The number of carbonyl (C=O) groups is 1. The Kier molecular flexibility index (Phi) is 3.88. The average Bonchev–Trinajstić information content (AvgIpc) is 2.26. The molecule has 0 saturated carbocycles. The fourth-order valence-corrected chi connectivity index (χ4v) is 1.10. The van der Waals surface area contributed by atoms with Crippen molar-refractivity contribution in [3.05, 3.63) is 48.0 Å². The predicted molar refractivity (Wildman–Crippen MR) is 54.4 cm³/mol. The van der Waals surface area contributed by atoms with E-state index in [1.54, 1.807) is 0 Å². The molecule has 74 valence electrons. The van der Waals surface area contributed by atoms with Crippen LogP contribution in [0.3, 0.4) is 0 Å². The van der Waals surface area contributed by atoms with Gasteiger partial charge in [0.2, 0.25) is 5.91 Å². The van der Waals surface area contributed by atoms with Crippen LogP contribution in [0.15, 0.2) is 36.9 Å². The summed E-state index contributed by atoms with van der Waals surface area (Å²) in [6.45, 7) is 3.83.